The molecule has 1 amide bonds. The quantitative estimate of drug-likeness (QED) is 0.929. The van der Waals surface area contributed by atoms with E-state index in [1.54, 1.807) is 23.1 Å². The van der Waals surface area contributed by atoms with Crippen molar-refractivity contribution in [2.24, 2.45) is 0 Å². The van der Waals surface area contributed by atoms with Crippen molar-refractivity contribution < 1.29 is 9.90 Å². The van der Waals surface area contributed by atoms with Crippen LogP contribution in [0.2, 0.25) is 5.02 Å². The fourth-order valence-corrected chi connectivity index (χ4v) is 1.94. The smallest absolute Gasteiger partial charge is 0.255 e. The Balaban J connectivity index is 2.99. The van der Waals surface area contributed by atoms with Crippen molar-refractivity contribution in [3.05, 3.63) is 33.3 Å². The van der Waals surface area contributed by atoms with Gasteiger partial charge in [0.15, 0.2) is 0 Å². The first-order valence-corrected chi connectivity index (χ1v) is 6.13. The number of amides is 1. The van der Waals surface area contributed by atoms with Gasteiger partial charge in [-0.1, -0.05) is 17.7 Å². The van der Waals surface area contributed by atoms with E-state index in [2.05, 4.69) is 15.9 Å². The molecule has 3 nitrogen and oxygen atoms in total. The van der Waals surface area contributed by atoms with Crippen LogP contribution in [0.4, 0.5) is 0 Å². The highest BCUT2D eigenvalue weighted by atomic mass is 79.9. The zero-order valence-corrected chi connectivity index (χ0v) is 11.3. The average molecular weight is 307 g/mol. The molecule has 1 rings (SSSR count). The van der Waals surface area contributed by atoms with Crippen LogP contribution in [-0.2, 0) is 0 Å². The molecule has 0 fully saturated rings. The van der Waals surface area contributed by atoms with E-state index < -0.39 is 0 Å². The second-order valence-electron chi connectivity index (χ2n) is 3.21. The molecule has 0 spiro atoms. The van der Waals surface area contributed by atoms with Gasteiger partial charge in [-0.05, 0) is 35.0 Å². The lowest BCUT2D eigenvalue weighted by molar-refractivity contribution is 0.0732. The van der Waals surface area contributed by atoms with Gasteiger partial charge in [-0.3, -0.25) is 4.79 Å². The maximum Gasteiger partial charge on any atom is 0.255 e. The van der Waals surface area contributed by atoms with E-state index in [-0.39, 0.29) is 12.5 Å². The van der Waals surface area contributed by atoms with Crippen molar-refractivity contribution in [2.45, 2.75) is 6.92 Å². The average Bonchev–Trinajstić information content (AvgIpc) is 2.29. The Morgan fingerprint density at radius 3 is 2.81 bits per heavy atom. The minimum atomic E-state index is -0.164. The summed E-state index contributed by atoms with van der Waals surface area (Å²) < 4.78 is 0.695. The van der Waals surface area contributed by atoms with Crippen LogP contribution in [-0.4, -0.2) is 35.6 Å². The lowest BCUT2D eigenvalue weighted by Crippen LogP contribution is -2.33. The number of aliphatic hydroxyl groups is 1. The summed E-state index contributed by atoms with van der Waals surface area (Å²) in [7, 11) is 0. The van der Waals surface area contributed by atoms with Gasteiger partial charge in [0.25, 0.3) is 5.91 Å². The highest BCUT2D eigenvalue weighted by Gasteiger charge is 2.17. The van der Waals surface area contributed by atoms with Crippen LogP contribution in [0.15, 0.2) is 22.7 Å². The van der Waals surface area contributed by atoms with E-state index in [0.29, 0.717) is 28.1 Å². The normalized spacial score (nSPS) is 10.2. The number of carbonyl (C=O) groups is 1. The van der Waals surface area contributed by atoms with Crippen molar-refractivity contribution in [3.8, 4) is 0 Å². The van der Waals surface area contributed by atoms with Gasteiger partial charge >= 0.3 is 0 Å². The van der Waals surface area contributed by atoms with Crippen LogP contribution in [0.25, 0.3) is 0 Å². The molecule has 0 bridgehead atoms. The van der Waals surface area contributed by atoms with Gasteiger partial charge < -0.3 is 10.0 Å². The van der Waals surface area contributed by atoms with Crippen LogP contribution in [0.3, 0.4) is 0 Å². The summed E-state index contributed by atoms with van der Waals surface area (Å²) in [6.45, 7) is 2.67. The molecule has 0 aliphatic carbocycles. The minimum Gasteiger partial charge on any atom is -0.395 e. The first kappa shape index (κ1) is 13.5. The van der Waals surface area contributed by atoms with E-state index in [0.717, 1.165) is 0 Å². The summed E-state index contributed by atoms with van der Waals surface area (Å²) in [4.78, 5) is 13.6. The fourth-order valence-electron chi connectivity index (χ4n) is 1.36. The number of halogens is 2. The van der Waals surface area contributed by atoms with Crippen molar-refractivity contribution in [1.29, 1.82) is 0 Å². The summed E-state index contributed by atoms with van der Waals surface area (Å²) >= 11 is 9.30. The number of likely N-dealkylation sites (N-methyl/N-ethyl adjacent to an activating group) is 1. The molecular formula is C11H13BrClNO2. The van der Waals surface area contributed by atoms with Gasteiger partial charge in [-0.25, -0.2) is 0 Å². The second kappa shape index (κ2) is 6.23. The van der Waals surface area contributed by atoms with E-state index in [9.17, 15) is 4.79 Å². The summed E-state index contributed by atoms with van der Waals surface area (Å²) in [6, 6.07) is 5.22. The number of hydrogen-bond donors (Lipinski definition) is 1. The lowest BCUT2D eigenvalue weighted by Gasteiger charge is -2.20. The first-order valence-electron chi connectivity index (χ1n) is 4.96. The Labute approximate surface area is 108 Å². The van der Waals surface area contributed by atoms with Crippen LogP contribution >= 0.6 is 27.5 Å². The molecule has 0 aromatic heterocycles. The summed E-state index contributed by atoms with van der Waals surface area (Å²) in [5, 5.41) is 9.26. The van der Waals surface area contributed by atoms with Crippen LogP contribution in [0.1, 0.15) is 17.3 Å². The maximum absolute atomic E-state index is 12.0. The van der Waals surface area contributed by atoms with E-state index >= 15 is 0 Å². The number of benzene rings is 1. The molecule has 5 heteroatoms. The topological polar surface area (TPSA) is 40.5 Å². The Hall–Kier alpha value is -0.580. The molecule has 88 valence electrons. The third-order valence-corrected chi connectivity index (χ3v) is 3.52. The lowest BCUT2D eigenvalue weighted by atomic mass is 10.2. The second-order valence-corrected chi connectivity index (χ2v) is 4.44. The zero-order chi connectivity index (χ0) is 12.1. The van der Waals surface area contributed by atoms with Crippen LogP contribution in [0.5, 0.6) is 0 Å². The maximum atomic E-state index is 12.0. The van der Waals surface area contributed by atoms with Crippen molar-refractivity contribution in [1.82, 2.24) is 4.90 Å². The van der Waals surface area contributed by atoms with Gasteiger partial charge in [0.2, 0.25) is 0 Å². The van der Waals surface area contributed by atoms with Gasteiger partial charge in [-0.15, -0.1) is 0 Å². The minimum absolute atomic E-state index is 0.0504. The number of carbonyl (C=O) groups excluding carboxylic acids is 1. The van der Waals surface area contributed by atoms with E-state index in [4.69, 9.17) is 16.7 Å². The third-order valence-electron chi connectivity index (χ3n) is 2.22. The van der Waals surface area contributed by atoms with Gasteiger partial charge in [0, 0.05) is 17.6 Å². The largest absolute Gasteiger partial charge is 0.395 e. The SMILES string of the molecule is CCN(CCO)C(=O)c1cccc(Br)c1Cl. The molecule has 0 saturated heterocycles. The molecule has 0 radical (unpaired) electrons. The van der Waals surface area contributed by atoms with E-state index in [1.165, 1.54) is 0 Å². The molecule has 0 unspecified atom stereocenters. The monoisotopic (exact) mass is 305 g/mol. The number of aliphatic hydroxyl groups excluding tert-OH is 1. The predicted molar refractivity (Wildman–Crippen MR) is 67.8 cm³/mol. The molecule has 0 saturated carbocycles. The molecule has 16 heavy (non-hydrogen) atoms. The predicted octanol–water partition coefficient (Wildman–Crippen LogP) is 2.56. The van der Waals surface area contributed by atoms with Crippen molar-refractivity contribution in [2.75, 3.05) is 19.7 Å². The first-order chi connectivity index (χ1) is 7.61. The standard InChI is InChI=1S/C11H13BrClNO2/c1-2-14(6-7-15)11(16)8-4-3-5-9(12)10(8)13/h3-5,15H,2,6-7H2,1H3. The summed E-state index contributed by atoms with van der Waals surface area (Å²) in [5.74, 6) is -0.164. The third kappa shape index (κ3) is 2.97. The Morgan fingerprint density at radius 2 is 2.25 bits per heavy atom. The van der Waals surface area contributed by atoms with Crippen molar-refractivity contribution in [3.63, 3.8) is 0 Å². The zero-order valence-electron chi connectivity index (χ0n) is 8.91. The van der Waals surface area contributed by atoms with Gasteiger partial charge in [-0.2, -0.15) is 0 Å². The molecular weight excluding hydrogens is 293 g/mol. The van der Waals surface area contributed by atoms with Gasteiger partial charge in [0.1, 0.15) is 0 Å². The van der Waals surface area contributed by atoms with Crippen LogP contribution < -0.4 is 0 Å². The van der Waals surface area contributed by atoms with Crippen LogP contribution in [0, 0.1) is 0 Å². The summed E-state index contributed by atoms with van der Waals surface area (Å²) in [5.41, 5.74) is 0.450. The molecule has 0 atom stereocenters. The molecule has 1 N–H and O–H groups in total. The highest BCUT2D eigenvalue weighted by molar-refractivity contribution is 9.10. The Bertz CT molecular complexity index is 384. The molecule has 0 aliphatic heterocycles. The molecule has 0 aliphatic rings. The molecule has 0 heterocycles. The highest BCUT2D eigenvalue weighted by Crippen LogP contribution is 2.26. The molecule has 1 aromatic carbocycles. The number of rotatable bonds is 4. The van der Waals surface area contributed by atoms with Crippen molar-refractivity contribution >= 4 is 33.4 Å². The van der Waals surface area contributed by atoms with E-state index in [1.807, 2.05) is 6.92 Å². The Kier molecular flexibility index (Phi) is 5.25. The van der Waals surface area contributed by atoms with Gasteiger partial charge in [0.05, 0.1) is 17.2 Å². The molecule has 1 aromatic rings. The summed E-state index contributed by atoms with van der Waals surface area (Å²) in [6.07, 6.45) is 0. The number of nitrogens with zero attached hydrogens (tertiary/aromatic N) is 1. The fraction of sp³-hybridized carbons (Fsp3) is 0.364. The number of hydrogen-bond acceptors (Lipinski definition) is 2. The Morgan fingerprint density at radius 1 is 1.56 bits per heavy atom.